The molecule has 4 aromatic heterocycles. The summed E-state index contributed by atoms with van der Waals surface area (Å²) in [7, 11) is 0. The molecule has 57 heavy (non-hydrogen) atoms. The van der Waals surface area contributed by atoms with Crippen molar-refractivity contribution in [3.05, 3.63) is 176 Å². The molecule has 0 bridgehead atoms. The smallest absolute Gasteiger partial charge is 0.164 e. The lowest BCUT2D eigenvalue weighted by molar-refractivity contribution is 0.670. The first kappa shape index (κ1) is 32.3. The molecule has 4 heterocycles. The fraction of sp³-hybridized carbons (Fsp3) is 0. The summed E-state index contributed by atoms with van der Waals surface area (Å²) in [4.78, 5) is 15.3. The van der Waals surface area contributed by atoms with Gasteiger partial charge in [-0.1, -0.05) is 133 Å². The van der Waals surface area contributed by atoms with Crippen molar-refractivity contribution in [1.29, 1.82) is 0 Å². The number of benzene rings is 8. The fourth-order valence-electron chi connectivity index (χ4n) is 8.22. The summed E-state index contributed by atoms with van der Waals surface area (Å²) in [6.07, 6.45) is 0. The van der Waals surface area contributed by atoms with Crippen molar-refractivity contribution in [2.45, 2.75) is 0 Å². The van der Waals surface area contributed by atoms with Gasteiger partial charge in [0, 0.05) is 73.4 Å². The second kappa shape index (κ2) is 12.8. The van der Waals surface area contributed by atoms with Crippen LogP contribution in [-0.2, 0) is 0 Å². The number of furan rings is 1. The van der Waals surface area contributed by atoms with E-state index in [2.05, 4.69) is 109 Å². The van der Waals surface area contributed by atoms with Gasteiger partial charge in [-0.2, -0.15) is 0 Å². The lowest BCUT2D eigenvalue weighted by Gasteiger charge is -2.10. The maximum Gasteiger partial charge on any atom is 0.164 e. The Morgan fingerprint density at radius 1 is 0.333 bits per heavy atom. The zero-order valence-corrected chi connectivity index (χ0v) is 31.9. The van der Waals surface area contributed by atoms with E-state index in [9.17, 15) is 0 Å². The first-order valence-corrected chi connectivity index (χ1v) is 20.6. The SMILES string of the molecule is c1ccc(-c2nc(-c3ccccc3)nc(-c3cccc4oc5c(-c6ccc7c(c6)sc6ccccc67)cc(-c6ccc7c(c6)sc6ccccc67)cc5c34)n2)cc1. The van der Waals surface area contributed by atoms with Crippen molar-refractivity contribution in [1.82, 2.24) is 15.0 Å². The molecule has 0 aliphatic heterocycles. The van der Waals surface area contributed by atoms with Gasteiger partial charge in [-0.05, 0) is 59.2 Å². The monoisotopic (exact) mass is 763 g/mol. The lowest BCUT2D eigenvalue weighted by Crippen LogP contribution is -2.00. The number of hydrogen-bond acceptors (Lipinski definition) is 6. The quantitative estimate of drug-likeness (QED) is 0.175. The van der Waals surface area contributed by atoms with Crippen molar-refractivity contribution in [3.63, 3.8) is 0 Å². The highest BCUT2D eigenvalue weighted by molar-refractivity contribution is 7.26. The number of nitrogens with zero attached hydrogens (tertiary/aromatic N) is 3. The normalized spacial score (nSPS) is 11.9. The van der Waals surface area contributed by atoms with Gasteiger partial charge in [0.15, 0.2) is 17.5 Å². The molecule has 266 valence electrons. The summed E-state index contributed by atoms with van der Waals surface area (Å²) >= 11 is 3.67. The summed E-state index contributed by atoms with van der Waals surface area (Å²) < 4.78 is 12.0. The molecule has 0 atom stereocenters. The van der Waals surface area contributed by atoms with Gasteiger partial charge in [-0.15, -0.1) is 22.7 Å². The van der Waals surface area contributed by atoms with Gasteiger partial charge in [-0.3, -0.25) is 0 Å². The second-order valence-electron chi connectivity index (χ2n) is 14.3. The first-order chi connectivity index (χ1) is 28.2. The zero-order valence-electron chi connectivity index (χ0n) is 30.3. The number of aromatic nitrogens is 3. The highest BCUT2D eigenvalue weighted by Gasteiger charge is 2.22. The minimum atomic E-state index is 0.598. The van der Waals surface area contributed by atoms with Crippen molar-refractivity contribution in [2.75, 3.05) is 0 Å². The van der Waals surface area contributed by atoms with Crippen LogP contribution in [0.3, 0.4) is 0 Å². The molecule has 12 rings (SSSR count). The Morgan fingerprint density at radius 2 is 0.877 bits per heavy atom. The molecule has 0 saturated carbocycles. The number of rotatable bonds is 5. The average Bonchev–Trinajstić information content (AvgIpc) is 3.97. The van der Waals surface area contributed by atoms with Crippen molar-refractivity contribution >= 4 is 85.0 Å². The van der Waals surface area contributed by atoms with Gasteiger partial charge in [-0.25, -0.2) is 15.0 Å². The van der Waals surface area contributed by atoms with Crippen molar-refractivity contribution in [3.8, 4) is 56.4 Å². The molecular formula is C51H29N3OS2. The molecule has 12 aromatic rings. The number of fused-ring (bicyclic) bond motifs is 9. The minimum absolute atomic E-state index is 0.598. The summed E-state index contributed by atoms with van der Waals surface area (Å²) in [5.74, 6) is 1.85. The Morgan fingerprint density at radius 3 is 1.53 bits per heavy atom. The van der Waals surface area contributed by atoms with Gasteiger partial charge >= 0.3 is 0 Å². The largest absolute Gasteiger partial charge is 0.455 e. The van der Waals surface area contributed by atoms with Crippen LogP contribution in [0, 0.1) is 0 Å². The molecule has 0 spiro atoms. The van der Waals surface area contributed by atoms with Crippen LogP contribution in [0.2, 0.25) is 0 Å². The topological polar surface area (TPSA) is 51.8 Å². The predicted molar refractivity (Wildman–Crippen MR) is 240 cm³/mol. The third kappa shape index (κ3) is 5.30. The summed E-state index contributed by atoms with van der Waals surface area (Å²) in [6.45, 7) is 0. The van der Waals surface area contributed by atoms with Gasteiger partial charge in [0.2, 0.25) is 0 Å². The maximum absolute atomic E-state index is 6.94. The van der Waals surface area contributed by atoms with Crippen LogP contribution in [0.4, 0.5) is 0 Å². The zero-order chi connectivity index (χ0) is 37.5. The van der Waals surface area contributed by atoms with Crippen molar-refractivity contribution < 1.29 is 4.42 Å². The molecule has 0 N–H and O–H groups in total. The minimum Gasteiger partial charge on any atom is -0.455 e. The van der Waals surface area contributed by atoms with E-state index in [1.807, 2.05) is 89.4 Å². The molecule has 0 saturated heterocycles. The molecule has 0 aliphatic carbocycles. The third-order valence-electron chi connectivity index (χ3n) is 10.9. The summed E-state index contributed by atoms with van der Waals surface area (Å²) in [5.41, 5.74) is 8.82. The summed E-state index contributed by atoms with van der Waals surface area (Å²) in [5, 5.41) is 7.13. The van der Waals surface area contributed by atoms with Gasteiger partial charge in [0.1, 0.15) is 11.2 Å². The Bertz CT molecular complexity index is 3470. The van der Waals surface area contributed by atoms with E-state index < -0.39 is 0 Å². The van der Waals surface area contributed by atoms with Gasteiger partial charge in [0.25, 0.3) is 0 Å². The van der Waals surface area contributed by atoms with Gasteiger partial charge < -0.3 is 4.42 Å². The Kier molecular flexibility index (Phi) is 7.24. The Hall–Kier alpha value is -6.99. The van der Waals surface area contributed by atoms with Crippen LogP contribution in [0.1, 0.15) is 0 Å². The highest BCUT2D eigenvalue weighted by atomic mass is 32.1. The van der Waals surface area contributed by atoms with Crippen molar-refractivity contribution in [2.24, 2.45) is 0 Å². The van der Waals surface area contributed by atoms with Crippen LogP contribution >= 0.6 is 22.7 Å². The molecule has 0 aliphatic rings. The number of thiophene rings is 2. The van der Waals surface area contributed by atoms with E-state index >= 15 is 0 Å². The fourth-order valence-corrected chi connectivity index (χ4v) is 10.5. The number of hydrogen-bond donors (Lipinski definition) is 0. The van der Waals surface area contributed by atoms with Crippen LogP contribution in [-0.4, -0.2) is 15.0 Å². The van der Waals surface area contributed by atoms with Crippen LogP contribution in [0.15, 0.2) is 180 Å². The van der Waals surface area contributed by atoms with Crippen LogP contribution < -0.4 is 0 Å². The predicted octanol–water partition coefficient (Wildman–Crippen LogP) is 14.8. The second-order valence-corrected chi connectivity index (χ2v) is 16.5. The lowest BCUT2D eigenvalue weighted by atomic mass is 9.94. The highest BCUT2D eigenvalue weighted by Crippen LogP contribution is 2.45. The maximum atomic E-state index is 6.94. The Balaban J connectivity index is 1.13. The van der Waals surface area contributed by atoms with E-state index in [1.54, 1.807) is 0 Å². The average molecular weight is 764 g/mol. The third-order valence-corrected chi connectivity index (χ3v) is 13.2. The molecule has 6 heteroatoms. The molecule has 0 radical (unpaired) electrons. The molecule has 0 amide bonds. The van der Waals surface area contributed by atoms with Gasteiger partial charge in [0.05, 0.1) is 0 Å². The molecule has 0 unspecified atom stereocenters. The summed E-state index contributed by atoms with van der Waals surface area (Å²) in [6, 6.07) is 62.1. The standard InChI is InChI=1S/C51H29N3OS2/c1-3-12-30(13-4-1)49-52-50(31-14-5-2-6-15-31)54-51(53-49)39-18-11-19-42-47(39)41-27-34(32-22-24-37-35-16-7-9-20-43(35)56-45(37)28-32)26-40(48(41)55-42)33-23-25-38-36-17-8-10-21-44(36)57-46(38)29-33/h1-29H. The first-order valence-electron chi connectivity index (χ1n) is 18.9. The molecule has 0 fully saturated rings. The van der Waals surface area contributed by atoms with Crippen LogP contribution in [0.25, 0.3) is 119 Å². The van der Waals surface area contributed by atoms with E-state index in [-0.39, 0.29) is 0 Å². The van der Waals surface area contributed by atoms with E-state index in [1.165, 1.54) is 40.3 Å². The van der Waals surface area contributed by atoms with E-state index in [0.717, 1.165) is 60.9 Å². The Labute approximate surface area is 335 Å². The van der Waals surface area contributed by atoms with Crippen LogP contribution in [0.5, 0.6) is 0 Å². The van der Waals surface area contributed by atoms with E-state index in [0.29, 0.717) is 17.5 Å². The molecule has 4 nitrogen and oxygen atoms in total. The van der Waals surface area contributed by atoms with E-state index in [4.69, 9.17) is 19.4 Å². The molecular weight excluding hydrogens is 735 g/mol. The molecule has 8 aromatic carbocycles.